The van der Waals surface area contributed by atoms with Crippen LogP contribution in [0.1, 0.15) is 42.3 Å². The van der Waals surface area contributed by atoms with E-state index in [0.717, 1.165) is 6.26 Å². The molecule has 0 N–H and O–H groups in total. The molecule has 2 aromatic carbocycles. The molecule has 2 aromatic rings. The highest BCUT2D eigenvalue weighted by molar-refractivity contribution is 7.88. The van der Waals surface area contributed by atoms with Crippen molar-refractivity contribution in [3.05, 3.63) is 59.2 Å². The van der Waals surface area contributed by atoms with Crippen LogP contribution in [0.25, 0.3) is 0 Å². The fourth-order valence-corrected chi connectivity index (χ4v) is 3.14. The highest BCUT2D eigenvalue weighted by Gasteiger charge is 2.19. The van der Waals surface area contributed by atoms with Gasteiger partial charge in [0.05, 0.1) is 25.3 Å². The number of carbonyl (C=O) groups is 2. The summed E-state index contributed by atoms with van der Waals surface area (Å²) in [4.78, 5) is 23.8. The van der Waals surface area contributed by atoms with E-state index in [0.29, 0.717) is 28.2 Å². The zero-order valence-corrected chi connectivity index (χ0v) is 20.0. The molecule has 2 rings (SSSR count). The first-order chi connectivity index (χ1) is 14.8. The molecule has 0 aliphatic carbocycles. The van der Waals surface area contributed by atoms with Crippen LogP contribution in [0.4, 0.5) is 0 Å². The lowest BCUT2D eigenvalue weighted by Crippen LogP contribution is -2.26. The number of esters is 2. The van der Waals surface area contributed by atoms with E-state index < -0.39 is 21.6 Å². The highest BCUT2D eigenvalue weighted by atomic mass is 32.2. The van der Waals surface area contributed by atoms with Crippen molar-refractivity contribution in [1.29, 1.82) is 0 Å². The molecule has 0 bridgehead atoms. The van der Waals surface area contributed by atoms with E-state index in [1.54, 1.807) is 63.2 Å². The van der Waals surface area contributed by atoms with E-state index in [4.69, 9.17) is 9.47 Å². The molecule has 0 saturated heterocycles. The number of nitrogens with zero attached hydrogens (tertiary/aromatic N) is 1. The molecule has 32 heavy (non-hydrogen) atoms. The molecule has 0 aliphatic rings. The Morgan fingerprint density at radius 1 is 1.03 bits per heavy atom. The summed E-state index contributed by atoms with van der Waals surface area (Å²) in [6, 6.07) is 11.5. The average Bonchev–Trinajstić information content (AvgIpc) is 2.67. The minimum atomic E-state index is -3.43. The zero-order valence-electron chi connectivity index (χ0n) is 19.2. The molecule has 174 valence electrons. The monoisotopic (exact) mass is 463 g/mol. The number of carbonyl (C=O) groups excluding carboxylic acids is 2. The molecule has 0 spiro atoms. The summed E-state index contributed by atoms with van der Waals surface area (Å²) in [5.74, 6) is 0.0468. The van der Waals surface area contributed by atoms with Gasteiger partial charge in [-0.2, -0.15) is 0 Å². The van der Waals surface area contributed by atoms with Gasteiger partial charge in [0.2, 0.25) is 10.0 Å². The Kier molecular flexibility index (Phi) is 8.03. The topological polar surface area (TPSA) is 99.2 Å². The molecule has 9 heteroatoms. The van der Waals surface area contributed by atoms with Gasteiger partial charge in [0.25, 0.3) is 0 Å². The SMILES string of the molecule is COC(=O)c1ccc(Oc2ccc(CC(=O)OC(C)(C)C)cc2CN(C)S(C)(=O)=O)cc1. The standard InChI is InChI=1S/C23H29NO7S/c1-23(2,3)31-21(25)14-16-7-12-20(18(13-16)15-24(4)32(6,27)28)30-19-10-8-17(9-11-19)22(26)29-5/h7-13H,14-15H2,1-6H3. The lowest BCUT2D eigenvalue weighted by atomic mass is 10.1. The third-order valence-corrected chi connectivity index (χ3v) is 5.62. The molecule has 0 aliphatic heterocycles. The van der Waals surface area contributed by atoms with Gasteiger partial charge >= 0.3 is 11.9 Å². The molecule has 0 heterocycles. The molecule has 0 amide bonds. The van der Waals surface area contributed by atoms with E-state index in [2.05, 4.69) is 4.74 Å². The van der Waals surface area contributed by atoms with Crippen LogP contribution in [0, 0.1) is 0 Å². The summed E-state index contributed by atoms with van der Waals surface area (Å²) in [6.45, 7) is 5.43. The summed E-state index contributed by atoms with van der Waals surface area (Å²) in [5, 5.41) is 0. The van der Waals surface area contributed by atoms with Crippen LogP contribution in [0.15, 0.2) is 42.5 Å². The number of methoxy groups -OCH3 is 1. The number of hydrogen-bond acceptors (Lipinski definition) is 7. The molecule has 0 aromatic heterocycles. The van der Waals surface area contributed by atoms with Gasteiger partial charge in [0, 0.05) is 19.2 Å². The maximum atomic E-state index is 12.2. The number of hydrogen-bond donors (Lipinski definition) is 0. The highest BCUT2D eigenvalue weighted by Crippen LogP contribution is 2.28. The summed E-state index contributed by atoms with van der Waals surface area (Å²) < 4.78 is 41.0. The van der Waals surface area contributed by atoms with Crippen LogP contribution in [-0.2, 0) is 37.3 Å². The van der Waals surface area contributed by atoms with Crippen LogP contribution in [0.2, 0.25) is 0 Å². The van der Waals surface area contributed by atoms with Crippen molar-refractivity contribution in [2.75, 3.05) is 20.4 Å². The first-order valence-electron chi connectivity index (χ1n) is 9.89. The van der Waals surface area contributed by atoms with Crippen molar-refractivity contribution < 1.29 is 32.2 Å². The zero-order chi connectivity index (χ0) is 24.1. The fourth-order valence-electron chi connectivity index (χ4n) is 2.77. The van der Waals surface area contributed by atoms with Crippen molar-refractivity contribution in [1.82, 2.24) is 4.31 Å². The minimum absolute atomic E-state index is 0.0426. The molecule has 8 nitrogen and oxygen atoms in total. The smallest absolute Gasteiger partial charge is 0.337 e. The Morgan fingerprint density at radius 3 is 2.19 bits per heavy atom. The molecule has 0 radical (unpaired) electrons. The quantitative estimate of drug-likeness (QED) is 0.552. The van der Waals surface area contributed by atoms with Crippen molar-refractivity contribution in [2.24, 2.45) is 0 Å². The normalized spacial score (nSPS) is 11.8. The van der Waals surface area contributed by atoms with E-state index in [9.17, 15) is 18.0 Å². The Labute approximate surface area is 189 Å². The largest absolute Gasteiger partial charge is 0.465 e. The third kappa shape index (κ3) is 7.65. The maximum Gasteiger partial charge on any atom is 0.337 e. The predicted molar refractivity (Wildman–Crippen MR) is 120 cm³/mol. The van der Waals surface area contributed by atoms with Gasteiger partial charge < -0.3 is 14.2 Å². The molecule has 0 fully saturated rings. The predicted octanol–water partition coefficient (Wildman–Crippen LogP) is 3.54. The summed E-state index contributed by atoms with van der Waals surface area (Å²) in [7, 11) is -0.669. The van der Waals surface area contributed by atoms with Gasteiger partial charge in [-0.05, 0) is 56.7 Å². The van der Waals surface area contributed by atoms with Crippen LogP contribution in [0.5, 0.6) is 11.5 Å². The van der Waals surface area contributed by atoms with Crippen molar-refractivity contribution in [3.63, 3.8) is 0 Å². The number of sulfonamides is 1. The minimum Gasteiger partial charge on any atom is -0.465 e. The molecule has 0 saturated carbocycles. The Morgan fingerprint density at radius 2 is 1.66 bits per heavy atom. The molecular formula is C23H29NO7S. The van der Waals surface area contributed by atoms with Crippen LogP contribution < -0.4 is 4.74 Å². The fraction of sp³-hybridized carbons (Fsp3) is 0.391. The Hall–Kier alpha value is -2.91. The van der Waals surface area contributed by atoms with Gasteiger partial charge in [-0.25, -0.2) is 17.5 Å². The van der Waals surface area contributed by atoms with Gasteiger partial charge in [-0.3, -0.25) is 4.79 Å². The van der Waals surface area contributed by atoms with Crippen molar-refractivity contribution in [3.8, 4) is 11.5 Å². The Bertz CT molecular complexity index is 1070. The lowest BCUT2D eigenvalue weighted by Gasteiger charge is -2.20. The van der Waals surface area contributed by atoms with Gasteiger partial charge in [0.1, 0.15) is 17.1 Å². The van der Waals surface area contributed by atoms with Crippen LogP contribution in [-0.4, -0.2) is 50.7 Å². The van der Waals surface area contributed by atoms with Crippen LogP contribution >= 0.6 is 0 Å². The van der Waals surface area contributed by atoms with E-state index in [-0.39, 0.29) is 18.9 Å². The van der Waals surface area contributed by atoms with Gasteiger partial charge in [-0.1, -0.05) is 12.1 Å². The van der Waals surface area contributed by atoms with E-state index in [1.807, 2.05) is 0 Å². The number of benzene rings is 2. The molecule has 0 atom stereocenters. The van der Waals surface area contributed by atoms with E-state index in [1.165, 1.54) is 18.5 Å². The first-order valence-corrected chi connectivity index (χ1v) is 11.7. The number of ether oxygens (including phenoxy) is 3. The van der Waals surface area contributed by atoms with Gasteiger partial charge in [0.15, 0.2) is 0 Å². The van der Waals surface area contributed by atoms with Crippen molar-refractivity contribution >= 4 is 22.0 Å². The average molecular weight is 464 g/mol. The summed E-state index contributed by atoms with van der Waals surface area (Å²) in [5.41, 5.74) is 1.03. The molecular weight excluding hydrogens is 434 g/mol. The summed E-state index contributed by atoms with van der Waals surface area (Å²) >= 11 is 0. The molecule has 0 unspecified atom stereocenters. The summed E-state index contributed by atoms with van der Waals surface area (Å²) in [6.07, 6.45) is 1.16. The Balaban J connectivity index is 2.32. The van der Waals surface area contributed by atoms with Crippen molar-refractivity contribution in [2.45, 2.75) is 39.3 Å². The number of rotatable bonds is 8. The maximum absolute atomic E-state index is 12.2. The second-order valence-electron chi connectivity index (χ2n) is 8.34. The third-order valence-electron chi connectivity index (χ3n) is 4.36. The lowest BCUT2D eigenvalue weighted by molar-refractivity contribution is -0.153. The second-order valence-corrected chi connectivity index (χ2v) is 10.4. The van der Waals surface area contributed by atoms with Crippen LogP contribution in [0.3, 0.4) is 0 Å². The second kappa shape index (κ2) is 10.1. The van der Waals surface area contributed by atoms with E-state index >= 15 is 0 Å². The first kappa shape index (κ1) is 25.4. The van der Waals surface area contributed by atoms with Gasteiger partial charge in [-0.15, -0.1) is 0 Å².